The lowest BCUT2D eigenvalue weighted by atomic mass is 10.1. The van der Waals surface area contributed by atoms with Crippen LogP contribution in [0.5, 0.6) is 5.88 Å². The first kappa shape index (κ1) is 15.0. The molecule has 5 heteroatoms. The van der Waals surface area contributed by atoms with Gasteiger partial charge in [0.25, 0.3) is 0 Å². The van der Waals surface area contributed by atoms with Gasteiger partial charge in [0.1, 0.15) is 12.1 Å². The van der Waals surface area contributed by atoms with Crippen molar-refractivity contribution in [3.05, 3.63) is 12.4 Å². The highest BCUT2D eigenvalue weighted by atomic mass is 35.5. The number of hydrogen-bond donors (Lipinski definition) is 1. The van der Waals surface area contributed by atoms with E-state index in [2.05, 4.69) is 22.2 Å². The monoisotopic (exact) mass is 271 g/mol. The third-order valence-electron chi connectivity index (χ3n) is 2.44. The van der Waals surface area contributed by atoms with Crippen LogP contribution in [0.1, 0.15) is 33.6 Å². The van der Waals surface area contributed by atoms with Gasteiger partial charge in [-0.25, -0.2) is 9.97 Å². The first-order valence-corrected chi connectivity index (χ1v) is 6.93. The highest BCUT2D eigenvalue weighted by molar-refractivity contribution is 6.18. The summed E-state index contributed by atoms with van der Waals surface area (Å²) in [5, 5.41) is 3.26. The molecule has 4 nitrogen and oxygen atoms in total. The van der Waals surface area contributed by atoms with Gasteiger partial charge in [0.05, 0.1) is 6.10 Å². The Kier molecular flexibility index (Phi) is 6.80. The molecule has 1 atom stereocenters. The van der Waals surface area contributed by atoms with E-state index in [9.17, 15) is 0 Å². The SMILES string of the molecule is CC(CCl)CCCNc1cc(OC(C)C)ncn1. The molecule has 0 spiro atoms. The van der Waals surface area contributed by atoms with Crippen LogP contribution in [0.3, 0.4) is 0 Å². The molecule has 0 radical (unpaired) electrons. The summed E-state index contributed by atoms with van der Waals surface area (Å²) in [7, 11) is 0. The Hall–Kier alpha value is -1.03. The molecule has 1 rings (SSSR count). The van der Waals surface area contributed by atoms with Gasteiger partial charge < -0.3 is 10.1 Å². The zero-order valence-electron chi connectivity index (χ0n) is 11.3. The van der Waals surface area contributed by atoms with Gasteiger partial charge in [0.15, 0.2) is 0 Å². The molecule has 0 aliphatic heterocycles. The largest absolute Gasteiger partial charge is 0.475 e. The highest BCUT2D eigenvalue weighted by Crippen LogP contribution is 2.13. The number of alkyl halides is 1. The molecule has 102 valence electrons. The topological polar surface area (TPSA) is 47.0 Å². The molecular formula is C13H22ClN3O. The van der Waals surface area contributed by atoms with E-state index >= 15 is 0 Å². The summed E-state index contributed by atoms with van der Waals surface area (Å²) in [5.74, 6) is 2.70. The van der Waals surface area contributed by atoms with Crippen molar-refractivity contribution >= 4 is 17.4 Å². The van der Waals surface area contributed by atoms with Gasteiger partial charge in [-0.15, -0.1) is 11.6 Å². The Labute approximate surface area is 114 Å². The highest BCUT2D eigenvalue weighted by Gasteiger charge is 2.02. The fourth-order valence-corrected chi connectivity index (χ4v) is 1.64. The Morgan fingerprint density at radius 2 is 2.11 bits per heavy atom. The number of anilines is 1. The van der Waals surface area contributed by atoms with Crippen molar-refractivity contribution in [3.8, 4) is 5.88 Å². The molecule has 0 saturated carbocycles. The lowest BCUT2D eigenvalue weighted by molar-refractivity contribution is 0.232. The fourth-order valence-electron chi connectivity index (χ4n) is 1.49. The maximum Gasteiger partial charge on any atom is 0.218 e. The van der Waals surface area contributed by atoms with E-state index < -0.39 is 0 Å². The van der Waals surface area contributed by atoms with Crippen molar-refractivity contribution < 1.29 is 4.74 Å². The van der Waals surface area contributed by atoms with Crippen molar-refractivity contribution in [2.75, 3.05) is 17.7 Å². The molecule has 18 heavy (non-hydrogen) atoms. The summed E-state index contributed by atoms with van der Waals surface area (Å²) in [5.41, 5.74) is 0. The van der Waals surface area contributed by atoms with Gasteiger partial charge in [-0.2, -0.15) is 0 Å². The molecule has 0 aromatic carbocycles. The Bertz CT molecular complexity index is 347. The average molecular weight is 272 g/mol. The van der Waals surface area contributed by atoms with E-state index in [4.69, 9.17) is 16.3 Å². The minimum Gasteiger partial charge on any atom is -0.475 e. The summed E-state index contributed by atoms with van der Waals surface area (Å²) in [6.07, 6.45) is 3.84. The summed E-state index contributed by atoms with van der Waals surface area (Å²) in [4.78, 5) is 8.21. The molecule has 0 amide bonds. The molecule has 1 N–H and O–H groups in total. The molecule has 0 aliphatic rings. The van der Waals surface area contributed by atoms with Gasteiger partial charge >= 0.3 is 0 Å². The minimum absolute atomic E-state index is 0.123. The van der Waals surface area contributed by atoms with E-state index in [1.807, 2.05) is 19.9 Å². The molecule has 0 aliphatic carbocycles. The molecule has 0 fully saturated rings. The van der Waals surface area contributed by atoms with Gasteiger partial charge in [0, 0.05) is 18.5 Å². The predicted octanol–water partition coefficient (Wildman–Crippen LogP) is 3.33. The Balaban J connectivity index is 2.33. The van der Waals surface area contributed by atoms with Crippen LogP contribution in [-0.4, -0.2) is 28.5 Å². The number of nitrogens with one attached hydrogen (secondary N) is 1. The standard InChI is InChI=1S/C13H22ClN3O/c1-10(2)18-13-7-12(16-9-17-13)15-6-4-5-11(3)8-14/h7,9-11H,4-6,8H2,1-3H3,(H,15,16,17). The maximum atomic E-state index is 5.76. The second-order valence-electron chi connectivity index (χ2n) is 4.74. The van der Waals surface area contributed by atoms with Crippen LogP contribution in [-0.2, 0) is 0 Å². The molecule has 0 bridgehead atoms. The number of hydrogen-bond acceptors (Lipinski definition) is 4. The minimum atomic E-state index is 0.123. The smallest absolute Gasteiger partial charge is 0.218 e. The molecule has 1 aromatic heterocycles. The summed E-state index contributed by atoms with van der Waals surface area (Å²) in [6, 6.07) is 1.82. The predicted molar refractivity (Wildman–Crippen MR) is 75.4 cm³/mol. The lowest BCUT2D eigenvalue weighted by Crippen LogP contribution is -2.09. The molecule has 1 heterocycles. The number of aromatic nitrogens is 2. The third-order valence-corrected chi connectivity index (χ3v) is 2.97. The molecule has 1 aromatic rings. The first-order chi connectivity index (χ1) is 8.61. The van der Waals surface area contributed by atoms with Crippen molar-refractivity contribution in [2.24, 2.45) is 5.92 Å². The van der Waals surface area contributed by atoms with Crippen LogP contribution in [0.25, 0.3) is 0 Å². The van der Waals surface area contributed by atoms with Gasteiger partial charge in [0.2, 0.25) is 5.88 Å². The zero-order valence-corrected chi connectivity index (χ0v) is 12.1. The quantitative estimate of drug-likeness (QED) is 0.582. The normalized spacial score (nSPS) is 12.5. The second kappa shape index (κ2) is 8.14. The van der Waals surface area contributed by atoms with Gasteiger partial charge in [-0.05, 0) is 32.6 Å². The summed E-state index contributed by atoms with van der Waals surface area (Å²) >= 11 is 5.76. The van der Waals surface area contributed by atoms with Crippen molar-refractivity contribution in [1.29, 1.82) is 0 Å². The average Bonchev–Trinajstić information content (AvgIpc) is 2.34. The third kappa shape index (κ3) is 6.05. The number of nitrogens with zero attached hydrogens (tertiary/aromatic N) is 2. The van der Waals surface area contributed by atoms with Crippen molar-refractivity contribution in [3.63, 3.8) is 0 Å². The fraction of sp³-hybridized carbons (Fsp3) is 0.692. The van der Waals surface area contributed by atoms with E-state index in [1.165, 1.54) is 6.33 Å². The van der Waals surface area contributed by atoms with Crippen LogP contribution < -0.4 is 10.1 Å². The molecule has 0 saturated heterocycles. The van der Waals surface area contributed by atoms with Crippen LogP contribution in [0, 0.1) is 5.92 Å². The van der Waals surface area contributed by atoms with Gasteiger partial charge in [-0.3, -0.25) is 0 Å². The number of halogens is 1. The van der Waals surface area contributed by atoms with Crippen LogP contribution in [0.4, 0.5) is 5.82 Å². The number of ether oxygens (including phenoxy) is 1. The lowest BCUT2D eigenvalue weighted by Gasteiger charge is -2.11. The molecule has 1 unspecified atom stereocenters. The van der Waals surface area contributed by atoms with E-state index in [1.54, 1.807) is 0 Å². The summed E-state index contributed by atoms with van der Waals surface area (Å²) < 4.78 is 5.51. The van der Waals surface area contributed by atoms with Crippen LogP contribution >= 0.6 is 11.6 Å². The maximum absolute atomic E-state index is 5.76. The zero-order chi connectivity index (χ0) is 13.4. The number of rotatable bonds is 8. The van der Waals surface area contributed by atoms with Crippen LogP contribution in [0.15, 0.2) is 12.4 Å². The Morgan fingerprint density at radius 1 is 1.33 bits per heavy atom. The first-order valence-electron chi connectivity index (χ1n) is 6.40. The van der Waals surface area contributed by atoms with Gasteiger partial charge in [-0.1, -0.05) is 6.92 Å². The van der Waals surface area contributed by atoms with E-state index in [0.717, 1.165) is 31.1 Å². The second-order valence-corrected chi connectivity index (χ2v) is 5.05. The molecular weight excluding hydrogens is 250 g/mol. The Morgan fingerprint density at radius 3 is 2.78 bits per heavy atom. The van der Waals surface area contributed by atoms with E-state index in [0.29, 0.717) is 11.8 Å². The van der Waals surface area contributed by atoms with Crippen molar-refractivity contribution in [2.45, 2.75) is 39.7 Å². The van der Waals surface area contributed by atoms with Crippen LogP contribution in [0.2, 0.25) is 0 Å². The van der Waals surface area contributed by atoms with E-state index in [-0.39, 0.29) is 6.10 Å². The van der Waals surface area contributed by atoms with Crippen molar-refractivity contribution in [1.82, 2.24) is 9.97 Å². The summed E-state index contributed by atoms with van der Waals surface area (Å²) in [6.45, 7) is 7.00.